The van der Waals surface area contributed by atoms with E-state index in [0.717, 1.165) is 57.2 Å². The third-order valence-electron chi connectivity index (χ3n) is 7.52. The molecular weight excluding hydrogens is 497 g/mol. The van der Waals surface area contributed by atoms with E-state index in [1.807, 2.05) is 24.1 Å². The van der Waals surface area contributed by atoms with Crippen molar-refractivity contribution in [2.75, 3.05) is 52.3 Å². The van der Waals surface area contributed by atoms with E-state index in [0.29, 0.717) is 41.0 Å². The van der Waals surface area contributed by atoms with Crippen LogP contribution in [0.5, 0.6) is 11.5 Å². The number of amides is 1. The smallest absolute Gasteiger partial charge is 0.228 e. The summed E-state index contributed by atoms with van der Waals surface area (Å²) in [7, 11) is 3.51. The van der Waals surface area contributed by atoms with Crippen LogP contribution in [-0.2, 0) is 4.79 Å². The normalized spacial score (nSPS) is 17.5. The number of benzene rings is 2. The van der Waals surface area contributed by atoms with Crippen molar-refractivity contribution in [3.8, 4) is 11.5 Å². The van der Waals surface area contributed by atoms with Crippen molar-refractivity contribution in [1.82, 2.24) is 19.8 Å². The van der Waals surface area contributed by atoms with Crippen molar-refractivity contribution in [2.24, 2.45) is 5.41 Å². The molecule has 0 aliphatic carbocycles. The minimum absolute atomic E-state index is 0.0279. The second kappa shape index (κ2) is 10.7. The van der Waals surface area contributed by atoms with Crippen LogP contribution in [0.15, 0.2) is 36.7 Å². The molecule has 2 aromatic carbocycles. The lowest BCUT2D eigenvalue weighted by Gasteiger charge is -2.37. The molecule has 2 saturated heterocycles. The van der Waals surface area contributed by atoms with Crippen LogP contribution in [0.4, 0.5) is 15.9 Å². The van der Waals surface area contributed by atoms with Crippen LogP contribution in [0.2, 0.25) is 5.02 Å². The Bertz CT molecular complexity index is 1300. The first kappa shape index (κ1) is 25.5. The first-order valence-electron chi connectivity index (χ1n) is 12.5. The minimum Gasteiger partial charge on any atom is -0.493 e. The zero-order valence-corrected chi connectivity index (χ0v) is 21.9. The molecule has 1 aromatic heterocycles. The van der Waals surface area contributed by atoms with Gasteiger partial charge >= 0.3 is 0 Å². The summed E-state index contributed by atoms with van der Waals surface area (Å²) < 4.78 is 25.2. The molecule has 2 aliphatic heterocycles. The van der Waals surface area contributed by atoms with Crippen LogP contribution in [0.1, 0.15) is 25.7 Å². The van der Waals surface area contributed by atoms with Gasteiger partial charge in [0.2, 0.25) is 5.91 Å². The number of anilines is 2. The topological polar surface area (TPSA) is 79.8 Å². The second-order valence-electron chi connectivity index (χ2n) is 9.80. The van der Waals surface area contributed by atoms with E-state index in [4.69, 9.17) is 21.1 Å². The van der Waals surface area contributed by atoms with E-state index >= 15 is 0 Å². The lowest BCUT2D eigenvalue weighted by atomic mass is 9.77. The lowest BCUT2D eigenvalue weighted by molar-refractivity contribution is -0.137. The summed E-state index contributed by atoms with van der Waals surface area (Å²) in [4.78, 5) is 25.6. The number of likely N-dealkylation sites (tertiary alicyclic amines) is 2. The largest absolute Gasteiger partial charge is 0.493 e. The lowest BCUT2D eigenvalue weighted by Crippen LogP contribution is -2.44. The second-order valence-corrected chi connectivity index (χ2v) is 10.2. The Balaban J connectivity index is 1.21. The highest BCUT2D eigenvalue weighted by atomic mass is 35.5. The zero-order valence-electron chi connectivity index (χ0n) is 21.1. The van der Waals surface area contributed by atoms with Crippen molar-refractivity contribution >= 4 is 39.9 Å². The summed E-state index contributed by atoms with van der Waals surface area (Å²) in [6.45, 7) is 4.20. The van der Waals surface area contributed by atoms with E-state index < -0.39 is 5.82 Å². The van der Waals surface area contributed by atoms with Gasteiger partial charge in [-0.25, -0.2) is 14.4 Å². The quantitative estimate of drug-likeness (QED) is 0.418. The molecular formula is C27H31ClFN5O3. The molecule has 0 radical (unpaired) electrons. The number of hydrogen-bond acceptors (Lipinski definition) is 7. The summed E-state index contributed by atoms with van der Waals surface area (Å²) in [6.07, 6.45) is 5.16. The van der Waals surface area contributed by atoms with Crippen LogP contribution < -0.4 is 14.8 Å². The van der Waals surface area contributed by atoms with Gasteiger partial charge in [-0.3, -0.25) is 4.79 Å². The average Bonchev–Trinajstić information content (AvgIpc) is 3.18. The molecule has 1 amide bonds. The molecule has 1 N–H and O–H groups in total. The van der Waals surface area contributed by atoms with E-state index in [1.54, 1.807) is 13.2 Å². The average molecular weight is 528 g/mol. The van der Waals surface area contributed by atoms with Gasteiger partial charge in [-0.2, -0.15) is 0 Å². The molecule has 0 saturated carbocycles. The number of carbonyl (C=O) groups is 1. The Hall–Kier alpha value is -3.17. The number of methoxy groups -OCH3 is 1. The highest BCUT2D eigenvalue weighted by molar-refractivity contribution is 6.31. The van der Waals surface area contributed by atoms with Crippen molar-refractivity contribution in [3.05, 3.63) is 47.5 Å². The summed E-state index contributed by atoms with van der Waals surface area (Å²) >= 11 is 5.93. The summed E-state index contributed by atoms with van der Waals surface area (Å²) in [6, 6.07) is 8.08. The highest BCUT2D eigenvalue weighted by Gasteiger charge is 2.46. The number of rotatable bonds is 8. The van der Waals surface area contributed by atoms with Gasteiger partial charge < -0.3 is 24.6 Å². The van der Waals surface area contributed by atoms with E-state index in [1.165, 1.54) is 18.5 Å². The Labute approximate surface area is 220 Å². The maximum Gasteiger partial charge on any atom is 0.228 e. The number of nitrogens with one attached hydrogen (secondary N) is 1. The van der Waals surface area contributed by atoms with Crippen molar-refractivity contribution in [1.29, 1.82) is 0 Å². The van der Waals surface area contributed by atoms with Gasteiger partial charge in [0.05, 0.1) is 29.7 Å². The SMILES string of the molecule is COc1cc2ncnc(Nc3ccc(F)c(Cl)c3)c2cc1OCCCN1CCC2(CC1)CCN(C)C2=O. The number of hydrogen-bond donors (Lipinski definition) is 1. The number of ether oxygens (including phenoxy) is 2. The van der Waals surface area contributed by atoms with Crippen molar-refractivity contribution in [3.63, 3.8) is 0 Å². The number of nitrogens with zero attached hydrogens (tertiary/aromatic N) is 4. The number of fused-ring (bicyclic) bond motifs is 1. The molecule has 1 spiro atoms. The third-order valence-corrected chi connectivity index (χ3v) is 7.81. The van der Waals surface area contributed by atoms with Gasteiger partial charge in [-0.1, -0.05) is 11.6 Å². The first-order chi connectivity index (χ1) is 17.9. The van der Waals surface area contributed by atoms with E-state index in [9.17, 15) is 9.18 Å². The standard InChI is InChI=1S/C27H31ClFN5O3/c1-33-10-6-27(26(33)35)7-11-34(12-8-27)9-3-13-37-24-15-19-22(16-23(24)36-2)30-17-31-25(19)32-18-4-5-21(29)20(28)14-18/h4-5,14-17H,3,6-13H2,1-2H3,(H,30,31,32). The Kier molecular flexibility index (Phi) is 7.35. The third kappa shape index (κ3) is 5.29. The summed E-state index contributed by atoms with van der Waals surface area (Å²) in [5.41, 5.74) is 1.16. The van der Waals surface area contributed by atoms with Crippen LogP contribution in [0, 0.1) is 11.2 Å². The number of carbonyl (C=O) groups excluding carboxylic acids is 1. The van der Waals surface area contributed by atoms with Crippen molar-refractivity contribution in [2.45, 2.75) is 25.7 Å². The highest BCUT2D eigenvalue weighted by Crippen LogP contribution is 2.41. The molecule has 196 valence electrons. The number of halogens is 2. The molecule has 0 unspecified atom stereocenters. The van der Waals surface area contributed by atoms with Gasteiger partial charge in [-0.15, -0.1) is 0 Å². The van der Waals surface area contributed by atoms with E-state index in [2.05, 4.69) is 20.2 Å². The summed E-state index contributed by atoms with van der Waals surface area (Å²) in [5, 5.41) is 3.95. The number of piperidine rings is 1. The predicted molar refractivity (Wildman–Crippen MR) is 141 cm³/mol. The van der Waals surface area contributed by atoms with Crippen LogP contribution >= 0.6 is 11.6 Å². The molecule has 2 aliphatic rings. The Morgan fingerprint density at radius 1 is 1.11 bits per heavy atom. The Morgan fingerprint density at radius 2 is 1.89 bits per heavy atom. The van der Waals surface area contributed by atoms with Crippen LogP contribution in [-0.4, -0.2) is 72.6 Å². The van der Waals surface area contributed by atoms with Gasteiger partial charge in [-0.05, 0) is 63.0 Å². The molecule has 8 nitrogen and oxygen atoms in total. The molecule has 3 aromatic rings. The molecule has 2 fully saturated rings. The molecule has 10 heteroatoms. The summed E-state index contributed by atoms with van der Waals surface area (Å²) in [5.74, 6) is 1.57. The molecule has 0 bridgehead atoms. The maximum absolute atomic E-state index is 13.6. The fourth-order valence-electron chi connectivity index (χ4n) is 5.28. The molecule has 5 rings (SSSR count). The van der Waals surface area contributed by atoms with Crippen molar-refractivity contribution < 1.29 is 18.7 Å². The first-order valence-corrected chi connectivity index (χ1v) is 12.9. The van der Waals surface area contributed by atoms with Gasteiger partial charge in [0.1, 0.15) is 18.0 Å². The predicted octanol–water partition coefficient (Wildman–Crippen LogP) is 4.89. The fourth-order valence-corrected chi connectivity index (χ4v) is 5.46. The van der Waals surface area contributed by atoms with Crippen LogP contribution in [0.3, 0.4) is 0 Å². The maximum atomic E-state index is 13.6. The van der Waals surface area contributed by atoms with Gasteiger partial charge in [0.15, 0.2) is 11.5 Å². The van der Waals surface area contributed by atoms with E-state index in [-0.39, 0.29) is 10.4 Å². The zero-order chi connectivity index (χ0) is 26.0. The van der Waals surface area contributed by atoms with Crippen LogP contribution in [0.25, 0.3) is 10.9 Å². The number of aromatic nitrogens is 2. The Morgan fingerprint density at radius 3 is 2.59 bits per heavy atom. The molecule has 3 heterocycles. The fraction of sp³-hybridized carbons (Fsp3) is 0.444. The molecule has 0 atom stereocenters. The molecule has 37 heavy (non-hydrogen) atoms. The minimum atomic E-state index is -0.483. The van der Waals surface area contributed by atoms with Gasteiger partial charge in [0, 0.05) is 37.3 Å². The van der Waals surface area contributed by atoms with Gasteiger partial charge in [0.25, 0.3) is 0 Å². The monoisotopic (exact) mass is 527 g/mol.